The second-order valence-corrected chi connectivity index (χ2v) is 6.67. The predicted molar refractivity (Wildman–Crippen MR) is 73.2 cm³/mol. The van der Waals surface area contributed by atoms with Gasteiger partial charge in [0.25, 0.3) is 0 Å². The van der Waals surface area contributed by atoms with Crippen LogP contribution in [0, 0.1) is 0 Å². The summed E-state index contributed by atoms with van der Waals surface area (Å²) in [5.41, 5.74) is 1.18. The maximum Gasteiger partial charge on any atom is 0.243 e. The molecule has 0 radical (unpaired) electrons. The molecule has 98 valence electrons. The van der Waals surface area contributed by atoms with Crippen molar-refractivity contribution in [3.8, 4) is 0 Å². The first-order valence-corrected chi connectivity index (χ1v) is 7.79. The van der Waals surface area contributed by atoms with Crippen LogP contribution in [0.3, 0.4) is 0 Å². The van der Waals surface area contributed by atoms with Gasteiger partial charge in [-0.25, -0.2) is 8.42 Å². The fraction of sp³-hybridized carbons (Fsp3) is 0.385. The fourth-order valence-electron chi connectivity index (χ4n) is 2.00. The van der Waals surface area contributed by atoms with Gasteiger partial charge >= 0.3 is 0 Å². The molecule has 18 heavy (non-hydrogen) atoms. The number of benzene rings is 1. The first-order valence-electron chi connectivity index (χ1n) is 5.97. The molecule has 0 amide bonds. The van der Waals surface area contributed by atoms with E-state index in [1.54, 1.807) is 24.3 Å². The van der Waals surface area contributed by atoms with Gasteiger partial charge in [0.1, 0.15) is 0 Å². The first kappa shape index (κ1) is 13.6. The van der Waals surface area contributed by atoms with E-state index >= 15 is 0 Å². The van der Waals surface area contributed by atoms with Crippen LogP contribution in [-0.2, 0) is 10.0 Å². The molecule has 5 heteroatoms. The van der Waals surface area contributed by atoms with E-state index in [0.717, 1.165) is 12.8 Å². The van der Waals surface area contributed by atoms with Gasteiger partial charge in [-0.1, -0.05) is 30.2 Å². The molecule has 0 fully saturated rings. The first-order chi connectivity index (χ1) is 8.54. The van der Waals surface area contributed by atoms with Gasteiger partial charge in [-0.2, -0.15) is 4.31 Å². The topological polar surface area (TPSA) is 37.4 Å². The maximum absolute atomic E-state index is 12.4. The summed E-state index contributed by atoms with van der Waals surface area (Å²) in [6.07, 6.45) is 3.82. The van der Waals surface area contributed by atoms with Crippen molar-refractivity contribution in [1.82, 2.24) is 4.31 Å². The van der Waals surface area contributed by atoms with Crippen LogP contribution in [-0.4, -0.2) is 25.8 Å². The zero-order chi connectivity index (χ0) is 13.2. The smallest absolute Gasteiger partial charge is 0.207 e. The van der Waals surface area contributed by atoms with E-state index in [1.807, 2.05) is 6.92 Å². The van der Waals surface area contributed by atoms with Crippen LogP contribution in [0.5, 0.6) is 0 Å². The summed E-state index contributed by atoms with van der Waals surface area (Å²) >= 11 is 5.78. The second-order valence-electron chi connectivity index (χ2n) is 4.30. The number of rotatable bonds is 3. The molecule has 0 aliphatic carbocycles. The zero-order valence-electron chi connectivity index (χ0n) is 10.3. The summed E-state index contributed by atoms with van der Waals surface area (Å²) in [7, 11) is -3.39. The lowest BCUT2D eigenvalue weighted by Crippen LogP contribution is -2.35. The Morgan fingerprint density at radius 1 is 1.28 bits per heavy atom. The molecule has 0 saturated carbocycles. The van der Waals surface area contributed by atoms with Crippen LogP contribution in [0.15, 0.2) is 40.8 Å². The molecular weight excluding hydrogens is 270 g/mol. The Bertz CT molecular complexity index is 549. The third-order valence-corrected chi connectivity index (χ3v) is 5.21. The van der Waals surface area contributed by atoms with Gasteiger partial charge in [0.15, 0.2) is 0 Å². The van der Waals surface area contributed by atoms with Gasteiger partial charge in [-0.15, -0.1) is 0 Å². The molecule has 1 heterocycles. The Labute approximate surface area is 113 Å². The van der Waals surface area contributed by atoms with E-state index in [4.69, 9.17) is 11.6 Å². The van der Waals surface area contributed by atoms with Crippen molar-refractivity contribution in [2.24, 2.45) is 0 Å². The van der Waals surface area contributed by atoms with E-state index in [1.165, 1.54) is 9.88 Å². The molecule has 3 nitrogen and oxygen atoms in total. The van der Waals surface area contributed by atoms with E-state index in [2.05, 4.69) is 6.08 Å². The van der Waals surface area contributed by atoms with Crippen molar-refractivity contribution in [3.05, 3.63) is 40.9 Å². The molecule has 0 unspecified atom stereocenters. The molecule has 0 atom stereocenters. The summed E-state index contributed by atoms with van der Waals surface area (Å²) < 4.78 is 26.4. The third kappa shape index (κ3) is 2.76. The van der Waals surface area contributed by atoms with Gasteiger partial charge in [0.2, 0.25) is 10.0 Å². The van der Waals surface area contributed by atoms with E-state index < -0.39 is 10.0 Å². The SMILES string of the molecule is CCC1=CCCN(S(=O)(=O)c2ccc(Cl)cc2)C1. The van der Waals surface area contributed by atoms with Crippen molar-refractivity contribution in [2.45, 2.75) is 24.7 Å². The predicted octanol–water partition coefficient (Wildman–Crippen LogP) is 3.07. The van der Waals surface area contributed by atoms with Gasteiger partial charge in [0.05, 0.1) is 4.90 Å². The number of nitrogens with zero attached hydrogens (tertiary/aromatic N) is 1. The summed E-state index contributed by atoms with van der Waals surface area (Å²) in [6, 6.07) is 6.33. The molecular formula is C13H16ClNO2S. The standard InChI is InChI=1S/C13H16ClNO2S/c1-2-11-4-3-9-15(10-11)18(16,17)13-7-5-12(14)6-8-13/h4-8H,2-3,9-10H2,1H3. The Morgan fingerprint density at radius 2 is 1.94 bits per heavy atom. The van der Waals surface area contributed by atoms with Crippen LogP contribution in [0.4, 0.5) is 0 Å². The molecule has 0 spiro atoms. The minimum absolute atomic E-state index is 0.309. The highest BCUT2D eigenvalue weighted by molar-refractivity contribution is 7.89. The lowest BCUT2D eigenvalue weighted by atomic mass is 10.1. The number of sulfonamides is 1. The van der Waals surface area contributed by atoms with Gasteiger partial charge in [-0.3, -0.25) is 0 Å². The zero-order valence-corrected chi connectivity index (χ0v) is 11.8. The molecule has 0 saturated heterocycles. The number of hydrogen-bond acceptors (Lipinski definition) is 2. The minimum atomic E-state index is -3.39. The van der Waals surface area contributed by atoms with Crippen molar-refractivity contribution in [3.63, 3.8) is 0 Å². The fourth-order valence-corrected chi connectivity index (χ4v) is 3.59. The summed E-state index contributed by atoms with van der Waals surface area (Å²) in [5, 5.41) is 0.543. The maximum atomic E-state index is 12.4. The lowest BCUT2D eigenvalue weighted by Gasteiger charge is -2.26. The molecule has 1 aromatic carbocycles. The highest BCUT2D eigenvalue weighted by Crippen LogP contribution is 2.22. The summed E-state index contributed by atoms with van der Waals surface area (Å²) in [4.78, 5) is 0.309. The molecule has 0 N–H and O–H groups in total. The molecule has 2 rings (SSSR count). The largest absolute Gasteiger partial charge is 0.243 e. The Morgan fingerprint density at radius 3 is 2.56 bits per heavy atom. The van der Waals surface area contributed by atoms with Gasteiger partial charge in [-0.05, 0) is 37.1 Å². The average Bonchev–Trinajstić information content (AvgIpc) is 2.39. The molecule has 0 aromatic heterocycles. The van der Waals surface area contributed by atoms with Crippen molar-refractivity contribution < 1.29 is 8.42 Å². The molecule has 0 bridgehead atoms. The van der Waals surface area contributed by atoms with Crippen LogP contribution < -0.4 is 0 Å². The summed E-state index contributed by atoms with van der Waals surface area (Å²) in [6.45, 7) is 3.10. The van der Waals surface area contributed by atoms with Gasteiger partial charge < -0.3 is 0 Å². The summed E-state index contributed by atoms with van der Waals surface area (Å²) in [5.74, 6) is 0. The van der Waals surface area contributed by atoms with Crippen molar-refractivity contribution >= 4 is 21.6 Å². The molecule has 1 aliphatic heterocycles. The number of halogens is 1. The van der Waals surface area contributed by atoms with Gasteiger partial charge in [0, 0.05) is 18.1 Å². The second kappa shape index (κ2) is 5.43. The van der Waals surface area contributed by atoms with E-state index in [0.29, 0.717) is 23.0 Å². The van der Waals surface area contributed by atoms with Crippen LogP contribution in [0.25, 0.3) is 0 Å². The Kier molecular flexibility index (Phi) is 4.10. The Balaban J connectivity index is 2.27. The van der Waals surface area contributed by atoms with Crippen LogP contribution >= 0.6 is 11.6 Å². The molecule has 1 aliphatic rings. The molecule has 1 aromatic rings. The van der Waals surface area contributed by atoms with Crippen LogP contribution in [0.1, 0.15) is 19.8 Å². The average molecular weight is 286 g/mol. The normalized spacial score (nSPS) is 17.6. The monoisotopic (exact) mass is 285 g/mol. The minimum Gasteiger partial charge on any atom is -0.207 e. The highest BCUT2D eigenvalue weighted by atomic mass is 35.5. The third-order valence-electron chi connectivity index (χ3n) is 3.10. The highest BCUT2D eigenvalue weighted by Gasteiger charge is 2.26. The van der Waals surface area contributed by atoms with Crippen molar-refractivity contribution in [2.75, 3.05) is 13.1 Å². The van der Waals surface area contributed by atoms with Crippen LogP contribution in [0.2, 0.25) is 5.02 Å². The Hall–Kier alpha value is -0.840. The quantitative estimate of drug-likeness (QED) is 0.801. The van der Waals surface area contributed by atoms with Crippen molar-refractivity contribution in [1.29, 1.82) is 0 Å². The van der Waals surface area contributed by atoms with E-state index in [-0.39, 0.29) is 0 Å². The number of hydrogen-bond donors (Lipinski definition) is 0. The van der Waals surface area contributed by atoms with E-state index in [9.17, 15) is 8.42 Å². The lowest BCUT2D eigenvalue weighted by molar-refractivity contribution is 0.424.